The van der Waals surface area contributed by atoms with Gasteiger partial charge in [0.1, 0.15) is 12.4 Å². The molecule has 0 aliphatic heterocycles. The summed E-state index contributed by atoms with van der Waals surface area (Å²) in [5.74, 6) is 3.58. The molecule has 0 spiro atoms. The second-order valence-electron chi connectivity index (χ2n) is 8.50. The molecule has 33 heavy (non-hydrogen) atoms. The number of rotatable bonds is 13. The van der Waals surface area contributed by atoms with Crippen molar-refractivity contribution in [2.45, 2.75) is 59.9 Å². The van der Waals surface area contributed by atoms with E-state index in [0.29, 0.717) is 48.5 Å². The zero-order valence-electron chi connectivity index (χ0n) is 20.5. The lowest BCUT2D eigenvalue weighted by atomic mass is 10.1. The molecule has 0 aromatic carbocycles. The number of hydrogen-bond donors (Lipinski definition) is 3. The molecule has 10 heteroatoms. The molecule has 3 rings (SSSR count). The summed E-state index contributed by atoms with van der Waals surface area (Å²) < 4.78 is 11.4. The Labute approximate surface area is 195 Å². The van der Waals surface area contributed by atoms with Gasteiger partial charge in [-0.3, -0.25) is 5.10 Å². The van der Waals surface area contributed by atoms with Gasteiger partial charge in [0.15, 0.2) is 11.6 Å². The lowest BCUT2D eigenvalue weighted by molar-refractivity contribution is 0.218. The number of aromatic amines is 1. The van der Waals surface area contributed by atoms with Gasteiger partial charge in [0, 0.05) is 30.4 Å². The molecule has 0 unspecified atom stereocenters. The lowest BCUT2D eigenvalue weighted by Crippen LogP contribution is -2.28. The Bertz CT molecular complexity index is 994. The van der Waals surface area contributed by atoms with Crippen LogP contribution in [0.15, 0.2) is 22.7 Å². The molecule has 0 aliphatic rings. The minimum Gasteiger partial charge on any atom is -0.476 e. The standard InChI is InChI=1S/C23H36N8O2/c1-7-31(8-2)9-10-32-22-13-20(25-21-12-18(15(3)4)28-29-21)26-23(27-22)24-14-17-11-19(16(5)6)30-33-17/h11-13,15-16H,7-10,14H2,1-6H3,(H3,24,25,26,27,28,29). The fraction of sp³-hybridized carbons (Fsp3) is 0.565. The van der Waals surface area contributed by atoms with Crippen LogP contribution in [0, 0.1) is 0 Å². The molecule has 0 radical (unpaired) electrons. The number of anilines is 3. The third-order valence-corrected chi connectivity index (χ3v) is 5.32. The average molecular weight is 457 g/mol. The Kier molecular flexibility index (Phi) is 8.65. The summed E-state index contributed by atoms with van der Waals surface area (Å²) in [4.78, 5) is 11.4. The number of aromatic nitrogens is 5. The normalized spacial score (nSPS) is 11.5. The van der Waals surface area contributed by atoms with Crippen LogP contribution in [-0.4, -0.2) is 56.5 Å². The number of nitrogens with zero attached hydrogens (tertiary/aromatic N) is 5. The van der Waals surface area contributed by atoms with E-state index in [-0.39, 0.29) is 0 Å². The van der Waals surface area contributed by atoms with Crippen LogP contribution in [0.2, 0.25) is 0 Å². The maximum Gasteiger partial charge on any atom is 0.228 e. The highest BCUT2D eigenvalue weighted by atomic mass is 16.5. The third kappa shape index (κ3) is 7.18. The molecule has 0 fully saturated rings. The van der Waals surface area contributed by atoms with Crippen LogP contribution in [-0.2, 0) is 6.54 Å². The van der Waals surface area contributed by atoms with Crippen LogP contribution in [0.1, 0.15) is 70.5 Å². The van der Waals surface area contributed by atoms with Crippen LogP contribution in [0.5, 0.6) is 5.88 Å². The Hall–Kier alpha value is -3.14. The largest absolute Gasteiger partial charge is 0.476 e. The van der Waals surface area contributed by atoms with Gasteiger partial charge < -0.3 is 24.8 Å². The molecule has 10 nitrogen and oxygen atoms in total. The number of hydrogen-bond acceptors (Lipinski definition) is 9. The average Bonchev–Trinajstić information content (AvgIpc) is 3.45. The van der Waals surface area contributed by atoms with Crippen molar-refractivity contribution >= 4 is 17.6 Å². The van der Waals surface area contributed by atoms with Crippen molar-refractivity contribution in [1.82, 2.24) is 30.2 Å². The highest BCUT2D eigenvalue weighted by Crippen LogP contribution is 2.22. The van der Waals surface area contributed by atoms with E-state index in [1.165, 1.54) is 0 Å². The number of nitrogens with one attached hydrogen (secondary N) is 3. The molecule has 0 saturated carbocycles. The molecular formula is C23H36N8O2. The van der Waals surface area contributed by atoms with Crippen molar-refractivity contribution < 1.29 is 9.26 Å². The van der Waals surface area contributed by atoms with Gasteiger partial charge in [-0.05, 0) is 24.9 Å². The molecule has 3 N–H and O–H groups in total. The molecule has 0 bridgehead atoms. The zero-order chi connectivity index (χ0) is 23.8. The Balaban J connectivity index is 1.73. The highest BCUT2D eigenvalue weighted by Gasteiger charge is 2.12. The van der Waals surface area contributed by atoms with Gasteiger partial charge in [-0.15, -0.1) is 0 Å². The smallest absolute Gasteiger partial charge is 0.228 e. The molecule has 3 heterocycles. The minimum absolute atomic E-state index is 0.307. The SMILES string of the molecule is CCN(CC)CCOc1cc(Nc2cc(C(C)C)[nH]n2)nc(NCc2cc(C(C)C)no2)n1. The lowest BCUT2D eigenvalue weighted by Gasteiger charge is -2.18. The summed E-state index contributed by atoms with van der Waals surface area (Å²) >= 11 is 0. The van der Waals surface area contributed by atoms with Crippen molar-refractivity contribution in [3.8, 4) is 5.88 Å². The fourth-order valence-corrected chi connectivity index (χ4v) is 3.14. The van der Waals surface area contributed by atoms with Gasteiger partial charge in [0.2, 0.25) is 11.8 Å². The van der Waals surface area contributed by atoms with Crippen LogP contribution in [0.25, 0.3) is 0 Å². The van der Waals surface area contributed by atoms with E-state index in [2.05, 4.69) is 82.4 Å². The van der Waals surface area contributed by atoms with Crippen molar-refractivity contribution in [2.24, 2.45) is 0 Å². The van der Waals surface area contributed by atoms with E-state index in [0.717, 1.165) is 36.8 Å². The van der Waals surface area contributed by atoms with Crippen LogP contribution in [0.3, 0.4) is 0 Å². The Morgan fingerprint density at radius 2 is 1.82 bits per heavy atom. The van der Waals surface area contributed by atoms with E-state index >= 15 is 0 Å². The predicted octanol–water partition coefficient (Wildman–Crippen LogP) is 4.51. The second kappa shape index (κ2) is 11.6. The number of H-pyrrole nitrogens is 1. The quantitative estimate of drug-likeness (QED) is 0.341. The molecule has 3 aromatic heterocycles. The monoisotopic (exact) mass is 456 g/mol. The predicted molar refractivity (Wildman–Crippen MR) is 129 cm³/mol. The van der Waals surface area contributed by atoms with Crippen LogP contribution >= 0.6 is 0 Å². The molecule has 3 aromatic rings. The summed E-state index contributed by atoms with van der Waals surface area (Å²) in [5.41, 5.74) is 1.97. The first-order valence-corrected chi connectivity index (χ1v) is 11.6. The van der Waals surface area contributed by atoms with E-state index in [1.54, 1.807) is 6.07 Å². The molecule has 0 amide bonds. The van der Waals surface area contributed by atoms with Crippen molar-refractivity contribution in [3.05, 3.63) is 35.3 Å². The van der Waals surface area contributed by atoms with E-state index < -0.39 is 0 Å². The van der Waals surface area contributed by atoms with Crippen LogP contribution in [0.4, 0.5) is 17.6 Å². The first-order chi connectivity index (χ1) is 15.9. The van der Waals surface area contributed by atoms with Gasteiger partial charge in [-0.1, -0.05) is 46.7 Å². The molecule has 0 aliphatic carbocycles. The van der Waals surface area contributed by atoms with Gasteiger partial charge in [-0.2, -0.15) is 15.1 Å². The van der Waals surface area contributed by atoms with Crippen molar-refractivity contribution in [2.75, 3.05) is 36.9 Å². The van der Waals surface area contributed by atoms with Gasteiger partial charge >= 0.3 is 0 Å². The van der Waals surface area contributed by atoms with Gasteiger partial charge in [0.25, 0.3) is 0 Å². The fourth-order valence-electron chi connectivity index (χ4n) is 3.14. The summed E-state index contributed by atoms with van der Waals surface area (Å²) in [5, 5.41) is 17.9. The summed E-state index contributed by atoms with van der Waals surface area (Å²) in [6.45, 7) is 16.4. The van der Waals surface area contributed by atoms with Crippen LogP contribution < -0.4 is 15.4 Å². The summed E-state index contributed by atoms with van der Waals surface area (Å²) in [6.07, 6.45) is 0. The first kappa shape index (κ1) is 24.5. The molecule has 0 atom stereocenters. The minimum atomic E-state index is 0.307. The first-order valence-electron chi connectivity index (χ1n) is 11.6. The van der Waals surface area contributed by atoms with Gasteiger partial charge in [-0.25, -0.2) is 0 Å². The highest BCUT2D eigenvalue weighted by molar-refractivity contribution is 5.55. The van der Waals surface area contributed by atoms with E-state index in [1.807, 2.05) is 12.1 Å². The number of likely N-dealkylation sites (N-methyl/N-ethyl adjacent to an activating group) is 1. The number of ether oxygens (including phenoxy) is 1. The Morgan fingerprint density at radius 3 is 2.45 bits per heavy atom. The van der Waals surface area contributed by atoms with E-state index in [9.17, 15) is 0 Å². The second-order valence-corrected chi connectivity index (χ2v) is 8.50. The maximum absolute atomic E-state index is 5.95. The summed E-state index contributed by atoms with van der Waals surface area (Å²) in [6, 6.07) is 5.70. The van der Waals surface area contributed by atoms with Crippen molar-refractivity contribution in [1.29, 1.82) is 0 Å². The van der Waals surface area contributed by atoms with Crippen molar-refractivity contribution in [3.63, 3.8) is 0 Å². The molecule has 180 valence electrons. The maximum atomic E-state index is 5.95. The molecule has 0 saturated heterocycles. The molecular weight excluding hydrogens is 420 g/mol. The third-order valence-electron chi connectivity index (χ3n) is 5.32. The van der Waals surface area contributed by atoms with Gasteiger partial charge in [0.05, 0.1) is 12.2 Å². The summed E-state index contributed by atoms with van der Waals surface area (Å²) in [7, 11) is 0. The Morgan fingerprint density at radius 1 is 1.03 bits per heavy atom. The zero-order valence-corrected chi connectivity index (χ0v) is 20.5. The topological polar surface area (TPSA) is 117 Å². The van der Waals surface area contributed by atoms with E-state index in [4.69, 9.17) is 9.26 Å².